The molecule has 0 aromatic carbocycles. The van der Waals surface area contributed by atoms with E-state index in [1.807, 2.05) is 12.1 Å². The Bertz CT molecular complexity index is 522. The van der Waals surface area contributed by atoms with E-state index in [1.165, 1.54) is 0 Å². The van der Waals surface area contributed by atoms with Gasteiger partial charge in [0.15, 0.2) is 5.82 Å². The number of nitrogens with two attached hydrogens (primary N) is 1. The van der Waals surface area contributed by atoms with Gasteiger partial charge in [0.25, 0.3) is 0 Å². The second-order valence-corrected chi connectivity index (χ2v) is 6.55. The highest BCUT2D eigenvalue weighted by atomic mass is 79.9. The summed E-state index contributed by atoms with van der Waals surface area (Å²) in [6.07, 6.45) is 1.01. The summed E-state index contributed by atoms with van der Waals surface area (Å²) in [4.78, 5) is 7.70. The first-order valence-electron chi connectivity index (χ1n) is 5.41. The number of halogens is 1. The first kappa shape index (κ1) is 11.2. The topological polar surface area (TPSA) is 70.8 Å². The average molecular weight is 314 g/mol. The molecule has 0 spiro atoms. The number of hydrogen-bond donors (Lipinski definition) is 2. The van der Waals surface area contributed by atoms with Gasteiger partial charge >= 0.3 is 0 Å². The van der Waals surface area contributed by atoms with Crippen molar-refractivity contribution in [2.45, 2.75) is 12.5 Å². The summed E-state index contributed by atoms with van der Waals surface area (Å²) < 4.78 is 1.09. The molecule has 2 aromatic rings. The van der Waals surface area contributed by atoms with E-state index >= 15 is 0 Å². The van der Waals surface area contributed by atoms with Crippen molar-refractivity contribution >= 4 is 33.2 Å². The predicted molar refractivity (Wildman–Crippen MR) is 72.2 cm³/mol. The van der Waals surface area contributed by atoms with E-state index in [4.69, 9.17) is 5.73 Å². The number of nitrogens with one attached hydrogen (secondary N) is 1. The second kappa shape index (κ2) is 4.40. The molecule has 1 saturated heterocycles. The van der Waals surface area contributed by atoms with Gasteiger partial charge in [0.05, 0.1) is 8.66 Å². The van der Waals surface area contributed by atoms with Crippen molar-refractivity contribution in [3.05, 3.63) is 15.9 Å². The first-order valence-corrected chi connectivity index (χ1v) is 7.02. The molecular weight excluding hydrogens is 302 g/mol. The van der Waals surface area contributed by atoms with E-state index in [2.05, 4.69) is 36.0 Å². The third-order valence-corrected chi connectivity index (χ3v) is 4.42. The minimum atomic E-state index is 0.243. The van der Waals surface area contributed by atoms with Crippen LogP contribution in [0.25, 0.3) is 10.7 Å². The maximum absolute atomic E-state index is 5.87. The van der Waals surface area contributed by atoms with Gasteiger partial charge in [0.2, 0.25) is 5.95 Å². The predicted octanol–water partition coefficient (Wildman–Crippen LogP) is 1.83. The number of thiophene rings is 1. The Hall–Kier alpha value is -0.920. The van der Waals surface area contributed by atoms with Gasteiger partial charge in [-0.3, -0.25) is 5.10 Å². The molecule has 2 aromatic heterocycles. The van der Waals surface area contributed by atoms with Crippen LogP contribution in [0, 0.1) is 0 Å². The Morgan fingerprint density at radius 1 is 1.53 bits per heavy atom. The van der Waals surface area contributed by atoms with Crippen LogP contribution in [0.15, 0.2) is 15.9 Å². The van der Waals surface area contributed by atoms with Crippen molar-refractivity contribution in [1.82, 2.24) is 15.2 Å². The smallest absolute Gasteiger partial charge is 0.245 e. The van der Waals surface area contributed by atoms with E-state index in [0.717, 1.165) is 39.9 Å². The fraction of sp³-hybridized carbons (Fsp3) is 0.400. The molecule has 1 fully saturated rings. The van der Waals surface area contributed by atoms with Crippen LogP contribution in [-0.2, 0) is 0 Å². The summed E-state index contributed by atoms with van der Waals surface area (Å²) in [5.41, 5.74) is 5.87. The van der Waals surface area contributed by atoms with Gasteiger partial charge < -0.3 is 10.6 Å². The van der Waals surface area contributed by atoms with Crippen molar-refractivity contribution in [1.29, 1.82) is 0 Å². The molecule has 5 nitrogen and oxygen atoms in total. The lowest BCUT2D eigenvalue weighted by atomic mass is 10.3. The standard InChI is InChI=1S/C10H12BrN5S/c11-8-2-1-7(17-8)9-13-10(15-14-9)16-4-3-6(12)5-16/h1-2,6H,3-5,12H2,(H,13,14,15). The van der Waals surface area contributed by atoms with Gasteiger partial charge in [0, 0.05) is 19.1 Å². The number of anilines is 1. The fourth-order valence-corrected chi connectivity index (χ4v) is 3.24. The van der Waals surface area contributed by atoms with E-state index in [9.17, 15) is 0 Å². The lowest BCUT2D eigenvalue weighted by Gasteiger charge is -2.11. The monoisotopic (exact) mass is 313 g/mol. The van der Waals surface area contributed by atoms with Gasteiger partial charge in [0.1, 0.15) is 0 Å². The third-order valence-electron chi connectivity index (χ3n) is 2.79. The Balaban J connectivity index is 1.83. The zero-order chi connectivity index (χ0) is 11.8. The van der Waals surface area contributed by atoms with Crippen molar-refractivity contribution < 1.29 is 0 Å². The number of hydrogen-bond acceptors (Lipinski definition) is 5. The van der Waals surface area contributed by atoms with Crippen molar-refractivity contribution in [3.8, 4) is 10.7 Å². The molecule has 1 aliphatic heterocycles. The van der Waals surface area contributed by atoms with E-state index in [-0.39, 0.29) is 6.04 Å². The largest absolute Gasteiger partial charge is 0.338 e. The molecule has 90 valence electrons. The highest BCUT2D eigenvalue weighted by molar-refractivity contribution is 9.11. The lowest BCUT2D eigenvalue weighted by molar-refractivity contribution is 0.750. The number of aromatic amines is 1. The molecule has 1 unspecified atom stereocenters. The average Bonchev–Trinajstić information content (AvgIpc) is 2.96. The normalized spacial score (nSPS) is 20.1. The van der Waals surface area contributed by atoms with E-state index < -0.39 is 0 Å². The van der Waals surface area contributed by atoms with Gasteiger partial charge in [-0.15, -0.1) is 16.4 Å². The summed E-state index contributed by atoms with van der Waals surface area (Å²) in [7, 11) is 0. The molecule has 3 N–H and O–H groups in total. The summed E-state index contributed by atoms with van der Waals surface area (Å²) in [5, 5.41) is 7.22. The van der Waals surface area contributed by atoms with E-state index in [1.54, 1.807) is 11.3 Å². The maximum atomic E-state index is 5.87. The Kier molecular flexibility index (Phi) is 2.89. The molecule has 0 saturated carbocycles. The molecule has 0 aliphatic carbocycles. The Labute approximate surface area is 111 Å². The van der Waals surface area contributed by atoms with Crippen molar-refractivity contribution in [2.24, 2.45) is 5.73 Å². The SMILES string of the molecule is NC1CCN(c2n[nH]c(-c3ccc(Br)s3)n2)C1. The number of H-pyrrole nitrogens is 1. The molecule has 3 rings (SSSR count). The van der Waals surface area contributed by atoms with Crippen LogP contribution in [0.2, 0.25) is 0 Å². The highest BCUT2D eigenvalue weighted by Crippen LogP contribution is 2.30. The quantitative estimate of drug-likeness (QED) is 0.887. The first-order chi connectivity index (χ1) is 8.22. The van der Waals surface area contributed by atoms with E-state index in [0.29, 0.717) is 0 Å². The summed E-state index contributed by atoms with van der Waals surface area (Å²) >= 11 is 5.08. The molecule has 0 amide bonds. The minimum Gasteiger partial charge on any atom is -0.338 e. The van der Waals surface area contributed by atoms with Crippen LogP contribution in [0.1, 0.15) is 6.42 Å². The molecule has 3 heterocycles. The molecular formula is C10H12BrN5S. The summed E-state index contributed by atoms with van der Waals surface area (Å²) in [5.74, 6) is 1.56. The summed E-state index contributed by atoms with van der Waals surface area (Å²) in [6, 6.07) is 4.27. The van der Waals surface area contributed by atoms with Crippen LogP contribution >= 0.6 is 27.3 Å². The molecule has 0 radical (unpaired) electrons. The van der Waals surface area contributed by atoms with Crippen molar-refractivity contribution in [3.63, 3.8) is 0 Å². The number of aromatic nitrogens is 3. The molecule has 17 heavy (non-hydrogen) atoms. The van der Waals surface area contributed by atoms with Gasteiger partial charge in [-0.05, 0) is 34.5 Å². The molecule has 0 bridgehead atoms. The molecule has 7 heteroatoms. The Morgan fingerprint density at radius 3 is 3.06 bits per heavy atom. The Morgan fingerprint density at radius 2 is 2.41 bits per heavy atom. The van der Waals surface area contributed by atoms with Gasteiger partial charge in [-0.2, -0.15) is 4.98 Å². The van der Waals surface area contributed by atoms with Gasteiger partial charge in [-0.25, -0.2) is 0 Å². The zero-order valence-corrected chi connectivity index (χ0v) is 11.5. The third kappa shape index (κ3) is 2.22. The van der Waals surface area contributed by atoms with Crippen LogP contribution in [0.5, 0.6) is 0 Å². The minimum absolute atomic E-state index is 0.243. The zero-order valence-electron chi connectivity index (χ0n) is 9.06. The van der Waals surface area contributed by atoms with Crippen LogP contribution in [-0.4, -0.2) is 34.3 Å². The van der Waals surface area contributed by atoms with Crippen LogP contribution in [0.4, 0.5) is 5.95 Å². The second-order valence-electron chi connectivity index (χ2n) is 4.08. The molecule has 1 aliphatic rings. The number of rotatable bonds is 2. The maximum Gasteiger partial charge on any atom is 0.245 e. The van der Waals surface area contributed by atoms with Crippen LogP contribution in [0.3, 0.4) is 0 Å². The molecule has 1 atom stereocenters. The fourth-order valence-electron chi connectivity index (χ4n) is 1.92. The lowest BCUT2D eigenvalue weighted by Crippen LogP contribution is -2.26. The van der Waals surface area contributed by atoms with Crippen molar-refractivity contribution in [2.75, 3.05) is 18.0 Å². The number of nitrogens with zero attached hydrogens (tertiary/aromatic N) is 3. The van der Waals surface area contributed by atoms with Crippen LogP contribution < -0.4 is 10.6 Å². The summed E-state index contributed by atoms with van der Waals surface area (Å²) in [6.45, 7) is 1.78. The highest BCUT2D eigenvalue weighted by Gasteiger charge is 2.22. The van der Waals surface area contributed by atoms with Gasteiger partial charge in [-0.1, -0.05) is 0 Å².